The van der Waals surface area contributed by atoms with Crippen molar-refractivity contribution in [3.05, 3.63) is 30.1 Å². The van der Waals surface area contributed by atoms with Crippen molar-refractivity contribution in [1.29, 1.82) is 0 Å². The largest absolute Gasteiger partial charge is 0.340 e. The molecule has 0 unspecified atom stereocenters. The molecule has 5 heteroatoms. The molecule has 0 fully saturated rings. The Bertz CT molecular complexity index is 520. The highest BCUT2D eigenvalue weighted by Crippen LogP contribution is 2.09. The van der Waals surface area contributed by atoms with Gasteiger partial charge in [-0.15, -0.1) is 0 Å². The Kier molecular flexibility index (Phi) is 3.23. The number of carbonyl (C=O) groups excluding carboxylic acids is 1. The van der Waals surface area contributed by atoms with Crippen LogP contribution in [0.1, 0.15) is 26.6 Å². The van der Waals surface area contributed by atoms with Crippen LogP contribution in [0.3, 0.4) is 0 Å². The quantitative estimate of drug-likeness (QED) is 0.760. The second kappa shape index (κ2) is 4.68. The predicted octanol–water partition coefficient (Wildman–Crippen LogP) is 2.16. The monoisotopic (exact) mass is 246 g/mol. The van der Waals surface area contributed by atoms with Gasteiger partial charge in [0.15, 0.2) is 0 Å². The summed E-state index contributed by atoms with van der Waals surface area (Å²) in [6.45, 7) is 6.20. The van der Waals surface area contributed by atoms with Gasteiger partial charge in [0.2, 0.25) is 0 Å². The lowest BCUT2D eigenvalue weighted by molar-refractivity contribution is 0.231. The SMILES string of the molecule is CC(C)(C)NC(=O)NCc1nc2ccccc2[nH]1. The van der Waals surface area contributed by atoms with Gasteiger partial charge in [0, 0.05) is 5.54 Å². The normalized spacial score (nSPS) is 11.5. The summed E-state index contributed by atoms with van der Waals surface area (Å²) < 4.78 is 0. The van der Waals surface area contributed by atoms with Crippen LogP contribution in [0.15, 0.2) is 24.3 Å². The number of H-pyrrole nitrogens is 1. The molecule has 0 radical (unpaired) electrons. The summed E-state index contributed by atoms with van der Waals surface area (Å²) in [5.74, 6) is 0.750. The van der Waals surface area contributed by atoms with Gasteiger partial charge in [0.25, 0.3) is 0 Å². The van der Waals surface area contributed by atoms with Crippen molar-refractivity contribution >= 4 is 17.1 Å². The topological polar surface area (TPSA) is 69.8 Å². The molecule has 0 aliphatic carbocycles. The average molecular weight is 246 g/mol. The predicted molar refractivity (Wildman–Crippen MR) is 71.2 cm³/mol. The molecule has 1 aromatic carbocycles. The van der Waals surface area contributed by atoms with Gasteiger partial charge in [0.1, 0.15) is 5.82 Å². The number of imidazole rings is 1. The standard InChI is InChI=1S/C13H18N4O/c1-13(2,3)17-12(18)14-8-11-15-9-6-4-5-7-10(9)16-11/h4-7H,8H2,1-3H3,(H,15,16)(H2,14,17,18). The second-order valence-electron chi connectivity index (χ2n) is 5.26. The van der Waals surface area contributed by atoms with Crippen LogP contribution < -0.4 is 10.6 Å². The zero-order valence-electron chi connectivity index (χ0n) is 10.9. The van der Waals surface area contributed by atoms with E-state index in [9.17, 15) is 4.79 Å². The molecule has 2 rings (SSSR count). The Morgan fingerprint density at radius 2 is 2.06 bits per heavy atom. The number of benzene rings is 1. The molecule has 0 saturated carbocycles. The van der Waals surface area contributed by atoms with E-state index in [1.807, 2.05) is 45.0 Å². The molecule has 0 aliphatic rings. The number of nitrogens with one attached hydrogen (secondary N) is 3. The summed E-state index contributed by atoms with van der Waals surface area (Å²) in [5, 5.41) is 5.60. The number of aromatic amines is 1. The molecule has 5 nitrogen and oxygen atoms in total. The van der Waals surface area contributed by atoms with Gasteiger partial charge in [-0.25, -0.2) is 9.78 Å². The fourth-order valence-corrected chi connectivity index (χ4v) is 1.64. The summed E-state index contributed by atoms with van der Waals surface area (Å²) in [5.41, 5.74) is 1.65. The van der Waals surface area contributed by atoms with E-state index >= 15 is 0 Å². The number of hydrogen-bond donors (Lipinski definition) is 3. The average Bonchev–Trinajstić information content (AvgIpc) is 2.66. The lowest BCUT2D eigenvalue weighted by Gasteiger charge is -2.20. The molecule has 0 saturated heterocycles. The zero-order valence-corrected chi connectivity index (χ0v) is 10.9. The van der Waals surface area contributed by atoms with E-state index in [-0.39, 0.29) is 11.6 Å². The molecule has 1 heterocycles. The smallest absolute Gasteiger partial charge is 0.315 e. The lowest BCUT2D eigenvalue weighted by atomic mass is 10.1. The number of fused-ring (bicyclic) bond motifs is 1. The van der Waals surface area contributed by atoms with Crippen LogP contribution in [0.25, 0.3) is 11.0 Å². The van der Waals surface area contributed by atoms with Gasteiger partial charge in [0.05, 0.1) is 17.6 Å². The van der Waals surface area contributed by atoms with Crippen LogP contribution >= 0.6 is 0 Å². The molecular formula is C13H18N4O. The highest BCUT2D eigenvalue weighted by Gasteiger charge is 2.13. The molecule has 96 valence electrons. The van der Waals surface area contributed by atoms with E-state index in [0.29, 0.717) is 6.54 Å². The summed E-state index contributed by atoms with van der Waals surface area (Å²) in [6, 6.07) is 7.59. The Morgan fingerprint density at radius 1 is 1.33 bits per heavy atom. The van der Waals surface area contributed by atoms with Gasteiger partial charge in [-0.3, -0.25) is 0 Å². The van der Waals surface area contributed by atoms with Gasteiger partial charge < -0.3 is 15.6 Å². The van der Waals surface area contributed by atoms with Crippen molar-refractivity contribution in [1.82, 2.24) is 20.6 Å². The van der Waals surface area contributed by atoms with E-state index in [1.165, 1.54) is 0 Å². The summed E-state index contributed by atoms with van der Waals surface area (Å²) in [4.78, 5) is 19.1. The molecule has 2 aromatic rings. The van der Waals surface area contributed by atoms with Crippen LogP contribution in [-0.2, 0) is 6.54 Å². The van der Waals surface area contributed by atoms with Crippen molar-refractivity contribution < 1.29 is 4.79 Å². The molecule has 0 aliphatic heterocycles. The third-order valence-corrected chi connectivity index (χ3v) is 2.34. The van der Waals surface area contributed by atoms with Crippen molar-refractivity contribution in [3.8, 4) is 0 Å². The highest BCUT2D eigenvalue weighted by molar-refractivity contribution is 5.76. The Morgan fingerprint density at radius 3 is 2.72 bits per heavy atom. The fourth-order valence-electron chi connectivity index (χ4n) is 1.64. The number of para-hydroxylation sites is 2. The Hall–Kier alpha value is -2.04. The third-order valence-electron chi connectivity index (χ3n) is 2.34. The number of rotatable bonds is 2. The van der Waals surface area contributed by atoms with E-state index < -0.39 is 0 Å². The van der Waals surface area contributed by atoms with Crippen molar-refractivity contribution in [2.75, 3.05) is 0 Å². The first kappa shape index (κ1) is 12.4. The minimum absolute atomic E-state index is 0.192. The minimum atomic E-state index is -0.238. The second-order valence-corrected chi connectivity index (χ2v) is 5.26. The number of nitrogens with zero attached hydrogens (tertiary/aromatic N) is 1. The lowest BCUT2D eigenvalue weighted by Crippen LogP contribution is -2.46. The third kappa shape index (κ3) is 3.23. The molecule has 1 aromatic heterocycles. The summed E-state index contributed by atoms with van der Waals surface area (Å²) in [7, 11) is 0. The maximum absolute atomic E-state index is 11.6. The summed E-state index contributed by atoms with van der Waals surface area (Å²) in [6.07, 6.45) is 0. The molecule has 0 spiro atoms. The van der Waals surface area contributed by atoms with Gasteiger partial charge in [-0.05, 0) is 32.9 Å². The van der Waals surface area contributed by atoms with E-state index in [2.05, 4.69) is 20.6 Å². The van der Waals surface area contributed by atoms with E-state index in [1.54, 1.807) is 0 Å². The minimum Gasteiger partial charge on any atom is -0.340 e. The maximum Gasteiger partial charge on any atom is 0.315 e. The number of amides is 2. The van der Waals surface area contributed by atoms with Crippen LogP contribution in [0.2, 0.25) is 0 Å². The van der Waals surface area contributed by atoms with E-state index in [4.69, 9.17) is 0 Å². The fraction of sp³-hybridized carbons (Fsp3) is 0.385. The van der Waals surface area contributed by atoms with Gasteiger partial charge in [-0.2, -0.15) is 0 Å². The highest BCUT2D eigenvalue weighted by atomic mass is 16.2. The molecule has 0 atom stereocenters. The first-order valence-electron chi connectivity index (χ1n) is 5.94. The molecule has 3 N–H and O–H groups in total. The maximum atomic E-state index is 11.6. The molecule has 18 heavy (non-hydrogen) atoms. The van der Waals surface area contributed by atoms with Crippen LogP contribution in [0.4, 0.5) is 4.79 Å². The number of hydrogen-bond acceptors (Lipinski definition) is 2. The Balaban J connectivity index is 1.96. The van der Waals surface area contributed by atoms with Crippen LogP contribution in [0, 0.1) is 0 Å². The number of aromatic nitrogens is 2. The first-order chi connectivity index (χ1) is 8.44. The summed E-state index contributed by atoms with van der Waals surface area (Å²) >= 11 is 0. The van der Waals surface area contributed by atoms with E-state index in [0.717, 1.165) is 16.9 Å². The number of carbonyl (C=O) groups is 1. The van der Waals surface area contributed by atoms with Crippen LogP contribution in [-0.4, -0.2) is 21.5 Å². The van der Waals surface area contributed by atoms with Crippen molar-refractivity contribution in [3.63, 3.8) is 0 Å². The molecule has 2 amide bonds. The van der Waals surface area contributed by atoms with Gasteiger partial charge in [-0.1, -0.05) is 12.1 Å². The first-order valence-corrected chi connectivity index (χ1v) is 5.94. The Labute approximate surface area is 106 Å². The van der Waals surface area contributed by atoms with Crippen LogP contribution in [0.5, 0.6) is 0 Å². The van der Waals surface area contributed by atoms with Gasteiger partial charge >= 0.3 is 6.03 Å². The van der Waals surface area contributed by atoms with Crippen molar-refractivity contribution in [2.24, 2.45) is 0 Å². The number of urea groups is 1. The molecule has 0 bridgehead atoms. The zero-order chi connectivity index (χ0) is 13.2. The molecular weight excluding hydrogens is 228 g/mol. The van der Waals surface area contributed by atoms with Crippen molar-refractivity contribution in [2.45, 2.75) is 32.9 Å².